The minimum absolute atomic E-state index is 0.104. The molecule has 1 aromatic carbocycles. The molecule has 2 heterocycles. The number of hydrogen-bond donors (Lipinski definition) is 0. The van der Waals surface area contributed by atoms with Gasteiger partial charge in [0.15, 0.2) is 0 Å². The van der Waals surface area contributed by atoms with E-state index in [0.29, 0.717) is 35.4 Å². The Labute approximate surface area is 152 Å². The maximum absolute atomic E-state index is 12.6. The van der Waals surface area contributed by atoms with Gasteiger partial charge in [0.25, 0.3) is 5.91 Å². The minimum Gasteiger partial charge on any atom is -0.480 e. The highest BCUT2D eigenvalue weighted by Crippen LogP contribution is 2.25. The van der Waals surface area contributed by atoms with Crippen LogP contribution < -0.4 is 9.47 Å². The summed E-state index contributed by atoms with van der Waals surface area (Å²) in [5, 5.41) is 8.24. The number of nitrogens with zero attached hydrogens (tertiary/aromatic N) is 3. The van der Waals surface area contributed by atoms with Crippen LogP contribution in [0, 0.1) is 0 Å². The van der Waals surface area contributed by atoms with E-state index in [0.717, 1.165) is 10.9 Å². The van der Waals surface area contributed by atoms with Gasteiger partial charge in [0, 0.05) is 29.6 Å². The molecule has 1 amide bonds. The first-order chi connectivity index (χ1) is 11.6. The van der Waals surface area contributed by atoms with Crippen LogP contribution >= 0.6 is 27.5 Å². The molecule has 0 N–H and O–H groups in total. The van der Waals surface area contributed by atoms with Crippen molar-refractivity contribution in [2.75, 3.05) is 20.2 Å². The Kier molecular flexibility index (Phi) is 5.20. The zero-order valence-corrected chi connectivity index (χ0v) is 15.2. The van der Waals surface area contributed by atoms with Crippen molar-refractivity contribution in [3.05, 3.63) is 45.4 Å². The Balaban J connectivity index is 1.64. The fraction of sp³-hybridized carbons (Fsp3) is 0.312. The van der Waals surface area contributed by atoms with Gasteiger partial charge in [-0.3, -0.25) is 4.79 Å². The van der Waals surface area contributed by atoms with E-state index in [1.54, 1.807) is 35.2 Å². The lowest BCUT2D eigenvalue weighted by molar-refractivity contribution is 0.0771. The predicted molar refractivity (Wildman–Crippen MR) is 92.7 cm³/mol. The normalized spacial score (nSPS) is 17.0. The molecule has 0 aliphatic carbocycles. The van der Waals surface area contributed by atoms with Crippen molar-refractivity contribution >= 4 is 33.4 Å². The molecule has 1 atom stereocenters. The number of amides is 1. The van der Waals surface area contributed by atoms with Gasteiger partial charge in [-0.1, -0.05) is 27.5 Å². The van der Waals surface area contributed by atoms with Crippen LogP contribution in [0.4, 0.5) is 0 Å². The maximum Gasteiger partial charge on any atom is 0.255 e. The number of benzene rings is 1. The SMILES string of the molecule is COc1ccc(OC2CCN(C(=O)c3cc(Br)ccc3Cl)C2)nn1. The van der Waals surface area contributed by atoms with Crippen LogP contribution in [-0.4, -0.2) is 47.3 Å². The molecule has 1 aliphatic rings. The van der Waals surface area contributed by atoms with Crippen LogP contribution in [0.3, 0.4) is 0 Å². The molecule has 1 aromatic heterocycles. The van der Waals surface area contributed by atoms with E-state index in [1.165, 1.54) is 7.11 Å². The summed E-state index contributed by atoms with van der Waals surface area (Å²) in [7, 11) is 1.53. The third kappa shape index (κ3) is 3.79. The first-order valence-corrected chi connectivity index (χ1v) is 8.52. The molecule has 0 radical (unpaired) electrons. The van der Waals surface area contributed by atoms with Crippen molar-refractivity contribution in [3.63, 3.8) is 0 Å². The number of ether oxygens (including phenoxy) is 2. The molecule has 8 heteroatoms. The number of likely N-dealkylation sites (tertiary alicyclic amines) is 1. The van der Waals surface area contributed by atoms with E-state index in [9.17, 15) is 4.79 Å². The average Bonchev–Trinajstić information content (AvgIpc) is 3.05. The van der Waals surface area contributed by atoms with Gasteiger partial charge in [-0.2, -0.15) is 0 Å². The highest BCUT2D eigenvalue weighted by atomic mass is 79.9. The molecular formula is C16H15BrClN3O3. The Morgan fingerprint density at radius 1 is 1.29 bits per heavy atom. The molecule has 0 saturated carbocycles. The van der Waals surface area contributed by atoms with Gasteiger partial charge < -0.3 is 14.4 Å². The molecule has 0 bridgehead atoms. The van der Waals surface area contributed by atoms with E-state index in [1.807, 2.05) is 0 Å². The third-order valence-electron chi connectivity index (χ3n) is 3.70. The van der Waals surface area contributed by atoms with Crippen molar-refractivity contribution in [1.29, 1.82) is 0 Å². The standard InChI is InChI=1S/C16H15BrClN3O3/c1-23-14-4-5-15(20-19-14)24-11-6-7-21(9-11)16(22)12-8-10(17)2-3-13(12)18/h2-5,8,11H,6-7,9H2,1H3. The Morgan fingerprint density at radius 3 is 2.75 bits per heavy atom. The molecule has 24 heavy (non-hydrogen) atoms. The maximum atomic E-state index is 12.6. The highest BCUT2D eigenvalue weighted by molar-refractivity contribution is 9.10. The van der Waals surface area contributed by atoms with Crippen molar-refractivity contribution in [2.45, 2.75) is 12.5 Å². The number of hydrogen-bond acceptors (Lipinski definition) is 5. The Hall–Kier alpha value is -1.86. The summed E-state index contributed by atoms with van der Waals surface area (Å²) in [6.45, 7) is 1.09. The summed E-state index contributed by atoms with van der Waals surface area (Å²) in [6.07, 6.45) is 0.605. The molecule has 1 saturated heterocycles. The van der Waals surface area contributed by atoms with Gasteiger partial charge in [-0.25, -0.2) is 0 Å². The van der Waals surface area contributed by atoms with Crippen molar-refractivity contribution in [3.8, 4) is 11.8 Å². The van der Waals surface area contributed by atoms with E-state index in [-0.39, 0.29) is 12.0 Å². The number of carbonyl (C=O) groups is 1. The molecule has 0 spiro atoms. The van der Waals surface area contributed by atoms with Crippen LogP contribution in [-0.2, 0) is 0 Å². The number of rotatable bonds is 4. The summed E-state index contributed by atoms with van der Waals surface area (Å²) in [5.41, 5.74) is 0.482. The summed E-state index contributed by atoms with van der Waals surface area (Å²) in [4.78, 5) is 14.4. The first kappa shape index (κ1) is 17.0. The fourth-order valence-electron chi connectivity index (χ4n) is 2.49. The van der Waals surface area contributed by atoms with Crippen molar-refractivity contribution < 1.29 is 14.3 Å². The van der Waals surface area contributed by atoms with Crippen molar-refractivity contribution in [2.24, 2.45) is 0 Å². The van der Waals surface area contributed by atoms with E-state index >= 15 is 0 Å². The molecule has 126 valence electrons. The minimum atomic E-state index is -0.123. The van der Waals surface area contributed by atoms with Gasteiger partial charge in [-0.15, -0.1) is 10.2 Å². The molecular weight excluding hydrogens is 398 g/mol. The second-order valence-corrected chi connectivity index (χ2v) is 6.64. The van der Waals surface area contributed by atoms with Gasteiger partial charge in [0.2, 0.25) is 11.8 Å². The van der Waals surface area contributed by atoms with E-state index < -0.39 is 0 Å². The Bertz CT molecular complexity index is 742. The Morgan fingerprint density at radius 2 is 2.04 bits per heavy atom. The summed E-state index contributed by atoms with van der Waals surface area (Å²) in [6, 6.07) is 8.62. The van der Waals surface area contributed by atoms with Crippen LogP contribution in [0.5, 0.6) is 11.8 Å². The third-order valence-corrected chi connectivity index (χ3v) is 4.53. The number of halogens is 2. The van der Waals surface area contributed by atoms with Gasteiger partial charge in [0.05, 0.1) is 24.2 Å². The molecule has 1 aliphatic heterocycles. The van der Waals surface area contributed by atoms with E-state index in [4.69, 9.17) is 21.1 Å². The topological polar surface area (TPSA) is 64.6 Å². The van der Waals surface area contributed by atoms with E-state index in [2.05, 4.69) is 26.1 Å². The lowest BCUT2D eigenvalue weighted by Crippen LogP contribution is -2.31. The summed E-state index contributed by atoms with van der Waals surface area (Å²) in [5.74, 6) is 0.735. The number of methoxy groups -OCH3 is 1. The second-order valence-electron chi connectivity index (χ2n) is 5.32. The molecule has 2 aromatic rings. The molecule has 3 rings (SSSR count). The monoisotopic (exact) mass is 411 g/mol. The molecule has 1 fully saturated rings. The molecule has 6 nitrogen and oxygen atoms in total. The largest absolute Gasteiger partial charge is 0.480 e. The van der Waals surface area contributed by atoms with Crippen LogP contribution in [0.1, 0.15) is 16.8 Å². The predicted octanol–water partition coefficient (Wildman–Crippen LogP) is 3.19. The summed E-state index contributed by atoms with van der Waals surface area (Å²) >= 11 is 9.50. The average molecular weight is 413 g/mol. The zero-order valence-electron chi connectivity index (χ0n) is 12.9. The summed E-state index contributed by atoms with van der Waals surface area (Å²) < 4.78 is 11.6. The van der Waals surface area contributed by atoms with Gasteiger partial charge >= 0.3 is 0 Å². The first-order valence-electron chi connectivity index (χ1n) is 7.35. The number of aromatic nitrogens is 2. The van der Waals surface area contributed by atoms with Gasteiger partial charge in [-0.05, 0) is 18.2 Å². The number of carbonyl (C=O) groups excluding carboxylic acids is 1. The van der Waals surface area contributed by atoms with Crippen LogP contribution in [0.15, 0.2) is 34.8 Å². The molecule has 1 unspecified atom stereocenters. The van der Waals surface area contributed by atoms with Crippen LogP contribution in [0.2, 0.25) is 5.02 Å². The van der Waals surface area contributed by atoms with Crippen LogP contribution in [0.25, 0.3) is 0 Å². The smallest absolute Gasteiger partial charge is 0.255 e. The van der Waals surface area contributed by atoms with Gasteiger partial charge in [0.1, 0.15) is 6.10 Å². The zero-order chi connectivity index (χ0) is 17.1. The highest BCUT2D eigenvalue weighted by Gasteiger charge is 2.29. The van der Waals surface area contributed by atoms with Crippen molar-refractivity contribution in [1.82, 2.24) is 15.1 Å². The lowest BCUT2D eigenvalue weighted by Gasteiger charge is -2.17. The fourth-order valence-corrected chi connectivity index (χ4v) is 3.05. The lowest BCUT2D eigenvalue weighted by atomic mass is 10.2. The quantitative estimate of drug-likeness (QED) is 0.771. The second kappa shape index (κ2) is 7.36.